The molecule has 0 saturated heterocycles. The Morgan fingerprint density at radius 1 is 1.14 bits per heavy atom. The molecule has 0 amide bonds. The number of aryl methyl sites for hydroxylation is 1. The van der Waals surface area contributed by atoms with E-state index < -0.39 is 10.0 Å². The molecule has 0 aliphatic carbocycles. The first-order chi connectivity index (χ1) is 9.77. The number of thiocarbonyl (C=S) groups is 1. The number of hydrogen-bond donors (Lipinski definition) is 3. The van der Waals surface area contributed by atoms with Crippen molar-refractivity contribution in [2.75, 3.05) is 5.32 Å². The lowest BCUT2D eigenvalue weighted by atomic mass is 10.1. The topological polar surface area (TPSA) is 98.2 Å². The van der Waals surface area contributed by atoms with Crippen LogP contribution in [0.15, 0.2) is 47.4 Å². The number of anilines is 2. The Hall–Kier alpha value is -1.96. The van der Waals surface area contributed by atoms with E-state index in [1.807, 2.05) is 25.1 Å². The van der Waals surface area contributed by atoms with Crippen LogP contribution in [0.3, 0.4) is 0 Å². The van der Waals surface area contributed by atoms with Gasteiger partial charge in [0.25, 0.3) is 0 Å². The van der Waals surface area contributed by atoms with Crippen molar-refractivity contribution in [3.05, 3.63) is 53.6 Å². The van der Waals surface area contributed by atoms with Crippen molar-refractivity contribution in [3.63, 3.8) is 0 Å². The SMILES string of the molecule is Cc1ccc(Nc2ccc(S(N)(=O)=O)cc2)c(C(N)=S)c1. The summed E-state index contributed by atoms with van der Waals surface area (Å²) in [5.74, 6) is 0. The first kappa shape index (κ1) is 15.4. The van der Waals surface area contributed by atoms with Crippen molar-refractivity contribution in [1.29, 1.82) is 0 Å². The van der Waals surface area contributed by atoms with E-state index in [-0.39, 0.29) is 4.90 Å². The molecule has 110 valence electrons. The summed E-state index contributed by atoms with van der Waals surface area (Å²) >= 11 is 5.04. The molecular formula is C14H15N3O2S2. The Morgan fingerprint density at radius 3 is 2.29 bits per heavy atom. The molecule has 2 aromatic carbocycles. The normalized spacial score (nSPS) is 11.1. The maximum atomic E-state index is 11.2. The van der Waals surface area contributed by atoms with Crippen molar-refractivity contribution in [3.8, 4) is 0 Å². The molecule has 0 aliphatic rings. The van der Waals surface area contributed by atoms with Gasteiger partial charge in [-0.2, -0.15) is 0 Å². The van der Waals surface area contributed by atoms with Gasteiger partial charge in [0.1, 0.15) is 4.99 Å². The van der Waals surface area contributed by atoms with Crippen LogP contribution in [0.2, 0.25) is 0 Å². The van der Waals surface area contributed by atoms with Gasteiger partial charge in [-0.05, 0) is 43.3 Å². The molecule has 2 aromatic rings. The highest BCUT2D eigenvalue weighted by molar-refractivity contribution is 7.89. The molecule has 2 rings (SSSR count). The first-order valence-corrected chi connectivity index (χ1v) is 8.03. The highest BCUT2D eigenvalue weighted by Gasteiger charge is 2.09. The van der Waals surface area contributed by atoms with Gasteiger partial charge in [-0.3, -0.25) is 0 Å². The van der Waals surface area contributed by atoms with Gasteiger partial charge in [-0.1, -0.05) is 23.8 Å². The van der Waals surface area contributed by atoms with Crippen molar-refractivity contribution < 1.29 is 8.42 Å². The molecule has 0 bridgehead atoms. The number of nitrogens with two attached hydrogens (primary N) is 2. The fourth-order valence-corrected chi connectivity index (χ4v) is 2.54. The van der Waals surface area contributed by atoms with Gasteiger partial charge in [0.15, 0.2) is 0 Å². The zero-order chi connectivity index (χ0) is 15.6. The standard InChI is InChI=1S/C14H15N3O2S2/c1-9-2-7-13(12(8-9)14(15)20)17-10-3-5-11(6-4-10)21(16,18)19/h2-8,17H,1H3,(H2,15,20)(H2,16,18,19). The first-order valence-electron chi connectivity index (χ1n) is 6.08. The van der Waals surface area contributed by atoms with E-state index in [4.69, 9.17) is 23.1 Å². The quantitative estimate of drug-likeness (QED) is 0.748. The Morgan fingerprint density at radius 2 is 1.76 bits per heavy atom. The molecule has 7 heteroatoms. The third-order valence-electron chi connectivity index (χ3n) is 2.90. The van der Waals surface area contributed by atoms with Crippen molar-refractivity contribution in [2.24, 2.45) is 10.9 Å². The van der Waals surface area contributed by atoms with Crippen LogP contribution >= 0.6 is 12.2 Å². The largest absolute Gasteiger partial charge is 0.389 e. The lowest BCUT2D eigenvalue weighted by Crippen LogP contribution is -2.13. The molecule has 0 radical (unpaired) electrons. The van der Waals surface area contributed by atoms with Crippen LogP contribution in [0.25, 0.3) is 0 Å². The molecule has 0 fully saturated rings. The van der Waals surface area contributed by atoms with Gasteiger partial charge >= 0.3 is 0 Å². The van der Waals surface area contributed by atoms with E-state index >= 15 is 0 Å². The maximum Gasteiger partial charge on any atom is 0.238 e. The summed E-state index contributed by atoms with van der Waals surface area (Å²) in [6.45, 7) is 1.95. The number of sulfonamides is 1. The molecule has 0 spiro atoms. The molecule has 0 atom stereocenters. The zero-order valence-corrected chi connectivity index (χ0v) is 13.0. The summed E-state index contributed by atoms with van der Waals surface area (Å²) in [6.07, 6.45) is 0. The Balaban J connectivity index is 2.33. The monoisotopic (exact) mass is 321 g/mol. The van der Waals surface area contributed by atoms with Crippen LogP contribution in [0, 0.1) is 6.92 Å². The van der Waals surface area contributed by atoms with E-state index in [1.165, 1.54) is 12.1 Å². The van der Waals surface area contributed by atoms with E-state index in [0.717, 1.165) is 16.8 Å². The number of rotatable bonds is 4. The van der Waals surface area contributed by atoms with E-state index in [9.17, 15) is 8.42 Å². The minimum absolute atomic E-state index is 0.0616. The zero-order valence-electron chi connectivity index (χ0n) is 11.3. The summed E-state index contributed by atoms with van der Waals surface area (Å²) in [5.41, 5.74) is 8.97. The molecule has 0 heterocycles. The number of primary sulfonamides is 1. The molecule has 5 N–H and O–H groups in total. The van der Waals surface area contributed by atoms with Crippen LogP contribution in [-0.2, 0) is 10.0 Å². The van der Waals surface area contributed by atoms with Gasteiger partial charge in [0, 0.05) is 16.9 Å². The predicted molar refractivity (Wildman–Crippen MR) is 88.2 cm³/mol. The predicted octanol–water partition coefficient (Wildman–Crippen LogP) is 2.02. The van der Waals surface area contributed by atoms with Crippen LogP contribution in [0.1, 0.15) is 11.1 Å². The van der Waals surface area contributed by atoms with E-state index in [0.29, 0.717) is 10.7 Å². The van der Waals surface area contributed by atoms with Crippen molar-refractivity contribution >= 4 is 38.6 Å². The summed E-state index contributed by atoms with van der Waals surface area (Å²) in [6, 6.07) is 11.8. The minimum Gasteiger partial charge on any atom is -0.389 e. The third kappa shape index (κ3) is 3.78. The second-order valence-corrected chi connectivity index (χ2v) is 6.61. The fraction of sp³-hybridized carbons (Fsp3) is 0.0714. The average molecular weight is 321 g/mol. The number of nitrogens with one attached hydrogen (secondary N) is 1. The fourth-order valence-electron chi connectivity index (χ4n) is 1.85. The van der Waals surface area contributed by atoms with Crippen LogP contribution in [-0.4, -0.2) is 13.4 Å². The Bertz CT molecular complexity index is 784. The highest BCUT2D eigenvalue weighted by atomic mass is 32.2. The molecule has 0 saturated carbocycles. The van der Waals surface area contributed by atoms with Gasteiger partial charge < -0.3 is 11.1 Å². The molecule has 5 nitrogen and oxygen atoms in total. The van der Waals surface area contributed by atoms with Crippen LogP contribution in [0.5, 0.6) is 0 Å². The van der Waals surface area contributed by atoms with Gasteiger partial charge in [-0.15, -0.1) is 0 Å². The van der Waals surface area contributed by atoms with Crippen molar-refractivity contribution in [2.45, 2.75) is 11.8 Å². The number of hydrogen-bond acceptors (Lipinski definition) is 4. The summed E-state index contributed by atoms with van der Waals surface area (Å²) in [4.78, 5) is 0.355. The summed E-state index contributed by atoms with van der Waals surface area (Å²) in [5, 5.41) is 8.21. The molecule has 21 heavy (non-hydrogen) atoms. The number of benzene rings is 2. The molecule has 0 aromatic heterocycles. The van der Waals surface area contributed by atoms with Crippen LogP contribution < -0.4 is 16.2 Å². The second-order valence-electron chi connectivity index (χ2n) is 4.61. The van der Waals surface area contributed by atoms with Gasteiger partial charge in [0.2, 0.25) is 10.0 Å². The van der Waals surface area contributed by atoms with E-state index in [2.05, 4.69) is 5.32 Å². The second kappa shape index (κ2) is 5.80. The maximum absolute atomic E-state index is 11.2. The van der Waals surface area contributed by atoms with Gasteiger partial charge in [-0.25, -0.2) is 13.6 Å². The smallest absolute Gasteiger partial charge is 0.238 e. The lowest BCUT2D eigenvalue weighted by Gasteiger charge is -2.12. The summed E-state index contributed by atoms with van der Waals surface area (Å²) in [7, 11) is -3.69. The van der Waals surface area contributed by atoms with Crippen molar-refractivity contribution in [1.82, 2.24) is 0 Å². The summed E-state index contributed by atoms with van der Waals surface area (Å²) < 4.78 is 22.4. The Kier molecular flexibility index (Phi) is 4.26. The molecular weight excluding hydrogens is 306 g/mol. The molecule has 0 aliphatic heterocycles. The van der Waals surface area contributed by atoms with Gasteiger partial charge in [0.05, 0.1) is 4.90 Å². The van der Waals surface area contributed by atoms with E-state index in [1.54, 1.807) is 12.1 Å². The molecule has 0 unspecified atom stereocenters. The van der Waals surface area contributed by atoms with Crippen LogP contribution in [0.4, 0.5) is 11.4 Å². The minimum atomic E-state index is -3.69. The lowest BCUT2D eigenvalue weighted by molar-refractivity contribution is 0.598. The average Bonchev–Trinajstić information content (AvgIpc) is 2.40. The highest BCUT2D eigenvalue weighted by Crippen LogP contribution is 2.23. The third-order valence-corrected chi connectivity index (χ3v) is 4.05. The Labute approximate surface area is 129 Å².